The van der Waals surface area contributed by atoms with Crippen molar-refractivity contribution in [3.63, 3.8) is 0 Å². The zero-order chi connectivity index (χ0) is 20.9. The molecule has 0 aliphatic rings. The number of aryl methyl sites for hydroxylation is 2. The van der Waals surface area contributed by atoms with Crippen LogP contribution >= 0.6 is 11.6 Å². The Kier molecular flexibility index (Phi) is 7.32. The zero-order valence-corrected chi connectivity index (χ0v) is 18.0. The number of halogens is 1. The van der Waals surface area contributed by atoms with Crippen LogP contribution in [0.3, 0.4) is 0 Å². The van der Waals surface area contributed by atoms with Gasteiger partial charge in [-0.15, -0.1) is 0 Å². The van der Waals surface area contributed by atoms with Crippen LogP contribution in [-0.4, -0.2) is 39.8 Å². The van der Waals surface area contributed by atoms with Gasteiger partial charge < -0.3 is 10.1 Å². The Bertz CT molecular complexity index is 930. The maximum Gasteiger partial charge on any atom is 0.243 e. The van der Waals surface area contributed by atoms with Gasteiger partial charge in [-0.3, -0.25) is 9.10 Å². The molecule has 152 valence electrons. The van der Waals surface area contributed by atoms with Gasteiger partial charge in [-0.05, 0) is 56.7 Å². The van der Waals surface area contributed by atoms with Crippen LogP contribution in [0.1, 0.15) is 18.1 Å². The summed E-state index contributed by atoms with van der Waals surface area (Å²) in [7, 11) is -3.66. The van der Waals surface area contributed by atoms with Crippen molar-refractivity contribution in [2.24, 2.45) is 0 Å². The monoisotopic (exact) mass is 424 g/mol. The van der Waals surface area contributed by atoms with Gasteiger partial charge in [-0.1, -0.05) is 29.3 Å². The SMILES string of the molecule is Cc1ccc(OCCNC(=O)C(C)N(c2ccc(Cl)cc2)S(C)(=O)=O)c(C)c1. The summed E-state index contributed by atoms with van der Waals surface area (Å²) < 4.78 is 31.2. The van der Waals surface area contributed by atoms with Gasteiger partial charge >= 0.3 is 0 Å². The topological polar surface area (TPSA) is 75.7 Å². The molecule has 0 fully saturated rings. The van der Waals surface area contributed by atoms with Crippen molar-refractivity contribution in [2.45, 2.75) is 26.8 Å². The Labute approximate surface area is 171 Å². The fourth-order valence-corrected chi connectivity index (χ4v) is 4.14. The number of nitrogens with zero attached hydrogens (tertiary/aromatic N) is 1. The first-order valence-corrected chi connectivity index (χ1v) is 11.0. The van der Waals surface area contributed by atoms with Crippen LogP contribution in [0.25, 0.3) is 0 Å². The molecule has 0 radical (unpaired) electrons. The molecule has 1 N–H and O–H groups in total. The third-order valence-electron chi connectivity index (χ3n) is 4.16. The maximum atomic E-state index is 12.5. The van der Waals surface area contributed by atoms with Crippen molar-refractivity contribution < 1.29 is 17.9 Å². The fraction of sp³-hybridized carbons (Fsp3) is 0.350. The number of sulfonamides is 1. The van der Waals surface area contributed by atoms with Gasteiger partial charge in [0.2, 0.25) is 15.9 Å². The quantitative estimate of drug-likeness (QED) is 0.659. The Morgan fingerprint density at radius 1 is 1.18 bits per heavy atom. The summed E-state index contributed by atoms with van der Waals surface area (Å²) in [5.41, 5.74) is 2.54. The smallest absolute Gasteiger partial charge is 0.243 e. The molecule has 1 amide bonds. The summed E-state index contributed by atoms with van der Waals surface area (Å²) in [6, 6.07) is 11.2. The van der Waals surface area contributed by atoms with Crippen LogP contribution in [0.5, 0.6) is 5.75 Å². The molecule has 6 nitrogen and oxygen atoms in total. The van der Waals surface area contributed by atoms with E-state index in [1.807, 2.05) is 32.0 Å². The van der Waals surface area contributed by atoms with Crippen molar-refractivity contribution in [3.05, 3.63) is 58.6 Å². The highest BCUT2D eigenvalue weighted by atomic mass is 35.5. The molecule has 2 aromatic carbocycles. The van der Waals surface area contributed by atoms with Crippen molar-refractivity contribution in [1.29, 1.82) is 0 Å². The Morgan fingerprint density at radius 3 is 2.39 bits per heavy atom. The second-order valence-electron chi connectivity index (χ2n) is 6.62. The van der Waals surface area contributed by atoms with Crippen LogP contribution in [0.2, 0.25) is 5.02 Å². The largest absolute Gasteiger partial charge is 0.491 e. The number of benzene rings is 2. The van der Waals surface area contributed by atoms with E-state index in [0.717, 1.165) is 27.4 Å². The summed E-state index contributed by atoms with van der Waals surface area (Å²) in [6.45, 7) is 6.04. The number of anilines is 1. The molecule has 0 saturated heterocycles. The molecule has 2 aromatic rings. The van der Waals surface area contributed by atoms with Crippen molar-refractivity contribution >= 4 is 33.2 Å². The van der Waals surface area contributed by atoms with E-state index in [4.69, 9.17) is 16.3 Å². The summed E-state index contributed by atoms with van der Waals surface area (Å²) in [5.74, 6) is 0.344. The average molecular weight is 425 g/mol. The van der Waals surface area contributed by atoms with Crippen molar-refractivity contribution in [2.75, 3.05) is 23.7 Å². The molecule has 0 bridgehead atoms. The molecule has 0 aliphatic heterocycles. The highest BCUT2D eigenvalue weighted by molar-refractivity contribution is 7.92. The highest BCUT2D eigenvalue weighted by Crippen LogP contribution is 2.23. The number of hydrogen-bond donors (Lipinski definition) is 1. The summed E-state index contributed by atoms with van der Waals surface area (Å²) in [6.07, 6.45) is 1.06. The molecule has 0 aliphatic carbocycles. The van der Waals surface area contributed by atoms with E-state index in [2.05, 4.69) is 5.32 Å². The third-order valence-corrected chi connectivity index (χ3v) is 5.65. The van der Waals surface area contributed by atoms with E-state index in [9.17, 15) is 13.2 Å². The molecular formula is C20H25ClN2O4S. The first-order chi connectivity index (χ1) is 13.1. The Balaban J connectivity index is 1.98. The lowest BCUT2D eigenvalue weighted by molar-refractivity contribution is -0.121. The van der Waals surface area contributed by atoms with E-state index < -0.39 is 22.0 Å². The predicted octanol–water partition coefficient (Wildman–Crippen LogP) is 3.31. The van der Waals surface area contributed by atoms with E-state index >= 15 is 0 Å². The van der Waals surface area contributed by atoms with E-state index in [0.29, 0.717) is 10.7 Å². The van der Waals surface area contributed by atoms with Gasteiger partial charge in [0.1, 0.15) is 18.4 Å². The maximum absolute atomic E-state index is 12.5. The molecule has 0 aromatic heterocycles. The first kappa shape index (κ1) is 22.0. The fourth-order valence-electron chi connectivity index (χ4n) is 2.84. The van der Waals surface area contributed by atoms with E-state index in [1.165, 1.54) is 6.92 Å². The Hall–Kier alpha value is -2.25. The van der Waals surface area contributed by atoms with Crippen molar-refractivity contribution in [1.82, 2.24) is 5.32 Å². The van der Waals surface area contributed by atoms with Gasteiger partial charge in [-0.2, -0.15) is 0 Å². The van der Waals surface area contributed by atoms with Crippen LogP contribution in [0.4, 0.5) is 5.69 Å². The van der Waals surface area contributed by atoms with Gasteiger partial charge in [0.15, 0.2) is 0 Å². The van der Waals surface area contributed by atoms with Crippen LogP contribution in [0.15, 0.2) is 42.5 Å². The number of carbonyl (C=O) groups excluding carboxylic acids is 1. The lowest BCUT2D eigenvalue weighted by Crippen LogP contribution is -2.48. The summed E-state index contributed by atoms with van der Waals surface area (Å²) in [5, 5.41) is 3.21. The van der Waals surface area contributed by atoms with Crippen LogP contribution in [-0.2, 0) is 14.8 Å². The molecule has 1 atom stereocenters. The number of amides is 1. The molecule has 2 rings (SSSR count). The lowest BCUT2D eigenvalue weighted by Gasteiger charge is -2.28. The van der Waals surface area contributed by atoms with Crippen LogP contribution in [0, 0.1) is 13.8 Å². The van der Waals surface area contributed by atoms with Crippen molar-refractivity contribution in [3.8, 4) is 5.75 Å². The van der Waals surface area contributed by atoms with Gasteiger partial charge in [0.05, 0.1) is 18.5 Å². The van der Waals surface area contributed by atoms with Gasteiger partial charge in [0, 0.05) is 5.02 Å². The molecule has 0 spiro atoms. The molecular weight excluding hydrogens is 400 g/mol. The van der Waals surface area contributed by atoms with Crippen LogP contribution < -0.4 is 14.4 Å². The first-order valence-electron chi connectivity index (χ1n) is 8.82. The molecule has 0 saturated carbocycles. The van der Waals surface area contributed by atoms with Gasteiger partial charge in [0.25, 0.3) is 0 Å². The number of nitrogens with one attached hydrogen (secondary N) is 1. The van der Waals surface area contributed by atoms with E-state index in [1.54, 1.807) is 24.3 Å². The number of hydrogen-bond acceptors (Lipinski definition) is 4. The zero-order valence-electron chi connectivity index (χ0n) is 16.4. The molecule has 28 heavy (non-hydrogen) atoms. The number of carbonyl (C=O) groups is 1. The lowest BCUT2D eigenvalue weighted by atomic mass is 10.1. The number of rotatable bonds is 8. The minimum Gasteiger partial charge on any atom is -0.491 e. The minimum absolute atomic E-state index is 0.259. The second-order valence-corrected chi connectivity index (χ2v) is 8.92. The molecule has 8 heteroatoms. The van der Waals surface area contributed by atoms with Gasteiger partial charge in [-0.25, -0.2) is 8.42 Å². The summed E-state index contributed by atoms with van der Waals surface area (Å²) in [4.78, 5) is 12.5. The average Bonchev–Trinajstić information content (AvgIpc) is 2.60. The number of ether oxygens (including phenoxy) is 1. The highest BCUT2D eigenvalue weighted by Gasteiger charge is 2.28. The second kappa shape index (κ2) is 9.30. The van der Waals surface area contributed by atoms with E-state index in [-0.39, 0.29) is 13.2 Å². The minimum atomic E-state index is -3.66. The molecule has 1 unspecified atom stereocenters. The molecule has 0 heterocycles. The third kappa shape index (κ3) is 5.87. The summed E-state index contributed by atoms with van der Waals surface area (Å²) >= 11 is 5.87. The Morgan fingerprint density at radius 2 is 1.82 bits per heavy atom. The standard InChI is InChI=1S/C20H25ClN2O4S/c1-14-5-10-19(15(2)13-14)27-12-11-22-20(24)16(3)23(28(4,25)26)18-8-6-17(21)7-9-18/h5-10,13,16H,11-12H2,1-4H3,(H,22,24). The normalized spacial score (nSPS) is 12.3. The predicted molar refractivity (Wildman–Crippen MR) is 113 cm³/mol.